The van der Waals surface area contributed by atoms with E-state index in [9.17, 15) is 8.78 Å². The first-order valence-corrected chi connectivity index (χ1v) is 13.0. The van der Waals surface area contributed by atoms with E-state index in [-0.39, 0.29) is 24.7 Å². The van der Waals surface area contributed by atoms with E-state index in [2.05, 4.69) is 19.1 Å². The quantitative estimate of drug-likeness (QED) is 0.330. The lowest BCUT2D eigenvalue weighted by molar-refractivity contribution is -0.0159. The fraction of sp³-hybridized carbons (Fsp3) is 0.586. The minimum absolute atomic E-state index is 0.0936. The van der Waals surface area contributed by atoms with E-state index in [1.165, 1.54) is 69.1 Å². The molecule has 2 aliphatic carbocycles. The van der Waals surface area contributed by atoms with Crippen LogP contribution in [-0.4, -0.2) is 19.3 Å². The molecule has 34 heavy (non-hydrogen) atoms. The molecule has 0 heterocycles. The second-order valence-electron chi connectivity index (χ2n) is 9.84. The molecule has 3 nitrogen and oxygen atoms in total. The number of benzene rings is 2. The lowest BCUT2D eigenvalue weighted by Gasteiger charge is -2.42. The molecular weight excluding hydrogens is 434 g/mol. The van der Waals surface area contributed by atoms with E-state index >= 15 is 0 Å². The molecule has 2 aromatic rings. The van der Waals surface area contributed by atoms with Crippen LogP contribution < -0.4 is 9.47 Å². The molecule has 4 rings (SSSR count). The van der Waals surface area contributed by atoms with E-state index in [0.29, 0.717) is 12.0 Å². The van der Waals surface area contributed by atoms with E-state index in [1.54, 1.807) is 6.92 Å². The van der Waals surface area contributed by atoms with Crippen LogP contribution in [0.25, 0.3) is 0 Å². The van der Waals surface area contributed by atoms with Crippen molar-refractivity contribution in [1.82, 2.24) is 0 Å². The minimum atomic E-state index is -1.01. The number of fused-ring (bicyclic) bond motifs is 1. The van der Waals surface area contributed by atoms with Gasteiger partial charge < -0.3 is 14.2 Å². The summed E-state index contributed by atoms with van der Waals surface area (Å²) in [7, 11) is 0. The van der Waals surface area contributed by atoms with Gasteiger partial charge in [-0.25, -0.2) is 0 Å². The van der Waals surface area contributed by atoms with Crippen molar-refractivity contribution < 1.29 is 23.0 Å². The topological polar surface area (TPSA) is 27.7 Å². The molecule has 2 fully saturated rings. The summed E-state index contributed by atoms with van der Waals surface area (Å²) in [6.45, 7) is 5.33. The maximum atomic E-state index is 14.2. The van der Waals surface area contributed by atoms with Crippen LogP contribution in [-0.2, 0) is 11.3 Å². The molecule has 4 unspecified atom stereocenters. The maximum Gasteiger partial charge on any atom is 0.204 e. The van der Waals surface area contributed by atoms with E-state index in [1.807, 2.05) is 12.1 Å². The van der Waals surface area contributed by atoms with E-state index in [4.69, 9.17) is 14.2 Å². The van der Waals surface area contributed by atoms with Crippen molar-refractivity contribution in [2.45, 2.75) is 83.8 Å². The van der Waals surface area contributed by atoms with Gasteiger partial charge >= 0.3 is 0 Å². The van der Waals surface area contributed by atoms with Gasteiger partial charge in [0.2, 0.25) is 11.6 Å². The van der Waals surface area contributed by atoms with Crippen LogP contribution in [0, 0.1) is 23.5 Å². The number of ether oxygens (including phenoxy) is 3. The van der Waals surface area contributed by atoms with Crippen molar-refractivity contribution in [2.75, 3.05) is 13.2 Å². The van der Waals surface area contributed by atoms with Crippen LogP contribution in [0.3, 0.4) is 0 Å². The van der Waals surface area contributed by atoms with Crippen LogP contribution in [0.5, 0.6) is 11.5 Å². The third kappa shape index (κ3) is 6.10. The minimum Gasteiger partial charge on any atom is -0.491 e. The second kappa shape index (κ2) is 12.0. The second-order valence-corrected chi connectivity index (χ2v) is 9.84. The first kappa shape index (κ1) is 25.0. The largest absolute Gasteiger partial charge is 0.491 e. The van der Waals surface area contributed by atoms with Gasteiger partial charge in [0.05, 0.1) is 12.7 Å². The molecule has 2 aliphatic rings. The summed E-state index contributed by atoms with van der Waals surface area (Å²) < 4.78 is 45.1. The van der Waals surface area contributed by atoms with Crippen molar-refractivity contribution in [2.24, 2.45) is 11.8 Å². The highest BCUT2D eigenvalue weighted by Gasteiger charge is 2.36. The van der Waals surface area contributed by atoms with Crippen molar-refractivity contribution >= 4 is 0 Å². The van der Waals surface area contributed by atoms with Gasteiger partial charge in [-0.3, -0.25) is 0 Å². The fourth-order valence-electron chi connectivity index (χ4n) is 5.63. The van der Waals surface area contributed by atoms with E-state index < -0.39 is 11.6 Å². The Bertz CT molecular complexity index is 914. The van der Waals surface area contributed by atoms with Crippen LogP contribution in [0.15, 0.2) is 36.4 Å². The average Bonchev–Trinajstić information content (AvgIpc) is 2.86. The molecule has 0 bridgehead atoms. The standard InChI is InChI=1S/C29H38F2O3/c1-3-5-16-33-25-13-12-23-17-22(10-11-24(23)18-25)21-8-6-20(7-9-21)19-34-27-15-14-26(32-4-2)28(30)29(27)31/h6-9,14-15,22-25H,3-5,10-13,16-19H2,1-2H3. The van der Waals surface area contributed by atoms with Crippen LogP contribution in [0.2, 0.25) is 0 Å². The molecule has 0 aromatic heterocycles. The zero-order valence-corrected chi connectivity index (χ0v) is 20.5. The molecule has 0 N–H and O–H groups in total. The third-order valence-electron chi connectivity index (χ3n) is 7.57. The summed E-state index contributed by atoms with van der Waals surface area (Å²) in [5.41, 5.74) is 2.32. The van der Waals surface area contributed by atoms with Crippen molar-refractivity contribution in [3.63, 3.8) is 0 Å². The van der Waals surface area contributed by atoms with Crippen molar-refractivity contribution in [3.05, 3.63) is 59.2 Å². The Kier molecular flexibility index (Phi) is 8.82. The summed E-state index contributed by atoms with van der Waals surface area (Å²) in [6.07, 6.45) is 10.3. The van der Waals surface area contributed by atoms with Crippen LogP contribution >= 0.6 is 0 Å². The highest BCUT2D eigenvalue weighted by Crippen LogP contribution is 2.46. The first-order chi connectivity index (χ1) is 16.6. The van der Waals surface area contributed by atoms with Gasteiger partial charge in [-0.2, -0.15) is 8.78 Å². The molecule has 0 amide bonds. The Balaban J connectivity index is 1.28. The SMILES string of the molecule is CCCCOC1CCC2CC(c3ccc(COc4ccc(OCC)c(F)c4F)cc3)CCC2C1. The van der Waals surface area contributed by atoms with Crippen LogP contribution in [0.4, 0.5) is 8.78 Å². The normalized spacial score (nSPS) is 24.5. The maximum absolute atomic E-state index is 14.2. The third-order valence-corrected chi connectivity index (χ3v) is 7.57. The fourth-order valence-corrected chi connectivity index (χ4v) is 5.63. The summed E-state index contributed by atoms with van der Waals surface area (Å²) >= 11 is 0. The number of halogens is 2. The predicted molar refractivity (Wildman–Crippen MR) is 130 cm³/mol. The predicted octanol–water partition coefficient (Wildman–Crippen LogP) is 7.81. The molecule has 0 spiro atoms. The summed E-state index contributed by atoms with van der Waals surface area (Å²) in [5.74, 6) is 0.0173. The Morgan fingerprint density at radius 1 is 0.794 bits per heavy atom. The van der Waals surface area contributed by atoms with Gasteiger partial charge in [0.1, 0.15) is 6.61 Å². The summed E-state index contributed by atoms with van der Waals surface area (Å²) in [4.78, 5) is 0. The molecule has 0 radical (unpaired) electrons. The van der Waals surface area contributed by atoms with Gasteiger partial charge in [-0.15, -0.1) is 0 Å². The van der Waals surface area contributed by atoms with Gasteiger partial charge in [-0.05, 0) is 92.9 Å². The monoisotopic (exact) mass is 472 g/mol. The highest BCUT2D eigenvalue weighted by atomic mass is 19.2. The molecular formula is C29H38F2O3. The zero-order valence-electron chi connectivity index (χ0n) is 20.5. The molecule has 0 aliphatic heterocycles. The van der Waals surface area contributed by atoms with Crippen molar-refractivity contribution in [1.29, 1.82) is 0 Å². The molecule has 2 saturated carbocycles. The Hall–Kier alpha value is -2.14. The Labute approximate surface area is 202 Å². The molecule has 0 saturated heterocycles. The number of unbranched alkanes of at least 4 members (excludes halogenated alkanes) is 1. The van der Waals surface area contributed by atoms with Crippen molar-refractivity contribution in [3.8, 4) is 11.5 Å². The highest BCUT2D eigenvalue weighted by molar-refractivity contribution is 5.35. The molecule has 5 heteroatoms. The van der Waals surface area contributed by atoms with Gasteiger partial charge in [0.25, 0.3) is 0 Å². The van der Waals surface area contributed by atoms with E-state index in [0.717, 1.165) is 24.0 Å². The van der Waals surface area contributed by atoms with Gasteiger partial charge in [0.15, 0.2) is 11.5 Å². The smallest absolute Gasteiger partial charge is 0.204 e. The van der Waals surface area contributed by atoms with Gasteiger partial charge in [-0.1, -0.05) is 37.6 Å². The first-order valence-electron chi connectivity index (χ1n) is 13.0. The molecule has 4 atom stereocenters. The number of hydrogen-bond acceptors (Lipinski definition) is 3. The summed E-state index contributed by atoms with van der Waals surface area (Å²) in [5, 5.41) is 0. The molecule has 186 valence electrons. The molecule has 2 aromatic carbocycles. The number of hydrogen-bond donors (Lipinski definition) is 0. The summed E-state index contributed by atoms with van der Waals surface area (Å²) in [6, 6.07) is 11.3. The van der Waals surface area contributed by atoms with Crippen LogP contribution in [0.1, 0.15) is 82.3 Å². The van der Waals surface area contributed by atoms with Gasteiger partial charge in [0, 0.05) is 6.61 Å². The lowest BCUT2D eigenvalue weighted by atomic mass is 9.65. The number of rotatable bonds is 10. The lowest BCUT2D eigenvalue weighted by Crippen LogP contribution is -2.33. The Morgan fingerprint density at radius 2 is 1.47 bits per heavy atom. The zero-order chi connectivity index (χ0) is 23.9. The Morgan fingerprint density at radius 3 is 2.18 bits per heavy atom. The average molecular weight is 473 g/mol.